The number of alkyl halides is 3. The lowest BCUT2D eigenvalue weighted by Gasteiger charge is -2.08. The molecule has 0 fully saturated rings. The molecular formula is C15H10F3N5. The van der Waals surface area contributed by atoms with Gasteiger partial charge in [-0.15, -0.1) is 0 Å². The Hall–Kier alpha value is -3.03. The highest BCUT2D eigenvalue weighted by Crippen LogP contribution is 2.31. The Balaban J connectivity index is 1.70. The van der Waals surface area contributed by atoms with Crippen LogP contribution in [0.4, 0.5) is 24.8 Å². The van der Waals surface area contributed by atoms with Crippen molar-refractivity contribution in [3.05, 3.63) is 54.1 Å². The fraction of sp³-hybridized carbons (Fsp3) is 0.0667. The van der Waals surface area contributed by atoms with E-state index in [4.69, 9.17) is 0 Å². The van der Waals surface area contributed by atoms with Crippen LogP contribution in [0.3, 0.4) is 0 Å². The van der Waals surface area contributed by atoms with E-state index in [0.717, 1.165) is 23.2 Å². The van der Waals surface area contributed by atoms with Crippen molar-refractivity contribution in [2.24, 2.45) is 0 Å². The van der Waals surface area contributed by atoms with Crippen LogP contribution in [-0.2, 0) is 6.18 Å². The molecule has 0 unspecified atom stereocenters. The summed E-state index contributed by atoms with van der Waals surface area (Å²) in [5, 5.41) is 5.81. The van der Waals surface area contributed by atoms with Crippen molar-refractivity contribution in [3.8, 4) is 0 Å². The fourth-order valence-corrected chi connectivity index (χ4v) is 2.40. The van der Waals surface area contributed by atoms with Gasteiger partial charge in [0.2, 0.25) is 5.95 Å². The first-order chi connectivity index (χ1) is 11.0. The number of anilines is 2. The standard InChI is InChI=1S/C15H10F3N5/c16-15(17,18)9-4-3-5-10(8-9)19-13-21-14-20-11-6-1-2-7-12(11)23(14)22-13/h1-8H,(H2,19,20,21,22). The van der Waals surface area contributed by atoms with Gasteiger partial charge in [-0.25, -0.2) is 9.50 Å². The number of benzene rings is 2. The van der Waals surface area contributed by atoms with Gasteiger partial charge in [-0.05, 0) is 30.3 Å². The maximum atomic E-state index is 12.7. The van der Waals surface area contributed by atoms with Gasteiger partial charge in [-0.3, -0.25) is 5.10 Å². The van der Waals surface area contributed by atoms with Crippen LogP contribution in [0, 0.1) is 0 Å². The van der Waals surface area contributed by atoms with Crippen molar-refractivity contribution in [1.29, 1.82) is 0 Å². The number of nitrogens with one attached hydrogen (secondary N) is 2. The minimum Gasteiger partial charge on any atom is -0.325 e. The lowest BCUT2D eigenvalue weighted by atomic mass is 10.2. The second kappa shape index (κ2) is 4.73. The van der Waals surface area contributed by atoms with Gasteiger partial charge in [0.25, 0.3) is 5.78 Å². The van der Waals surface area contributed by atoms with E-state index in [1.165, 1.54) is 6.07 Å². The molecule has 0 spiro atoms. The molecule has 0 aliphatic rings. The summed E-state index contributed by atoms with van der Waals surface area (Å²) in [6, 6.07) is 12.4. The van der Waals surface area contributed by atoms with Crippen LogP contribution in [0.15, 0.2) is 48.5 Å². The molecule has 2 aromatic carbocycles. The summed E-state index contributed by atoms with van der Waals surface area (Å²) in [6.45, 7) is 0. The van der Waals surface area contributed by atoms with Crippen molar-refractivity contribution in [2.75, 3.05) is 5.32 Å². The van der Waals surface area contributed by atoms with Gasteiger partial charge in [0.05, 0.1) is 16.6 Å². The molecule has 2 N–H and O–H groups in total. The summed E-state index contributed by atoms with van der Waals surface area (Å²) in [4.78, 5) is 8.58. The Labute approximate surface area is 127 Å². The molecule has 0 saturated carbocycles. The molecule has 0 bridgehead atoms. The van der Waals surface area contributed by atoms with Gasteiger partial charge in [0.15, 0.2) is 0 Å². The second-order valence-corrected chi connectivity index (χ2v) is 5.01. The zero-order valence-electron chi connectivity index (χ0n) is 11.6. The molecule has 23 heavy (non-hydrogen) atoms. The molecule has 116 valence electrons. The minimum absolute atomic E-state index is 0.293. The summed E-state index contributed by atoms with van der Waals surface area (Å²) in [6.07, 6.45) is -4.38. The number of aromatic nitrogens is 4. The number of imidazole rings is 1. The second-order valence-electron chi connectivity index (χ2n) is 5.01. The molecule has 0 atom stereocenters. The zero-order chi connectivity index (χ0) is 16.0. The van der Waals surface area contributed by atoms with E-state index in [1.54, 1.807) is 10.6 Å². The van der Waals surface area contributed by atoms with Crippen molar-refractivity contribution < 1.29 is 13.2 Å². The molecule has 4 aromatic rings. The highest BCUT2D eigenvalue weighted by molar-refractivity contribution is 5.79. The Morgan fingerprint density at radius 2 is 1.83 bits per heavy atom. The fourth-order valence-electron chi connectivity index (χ4n) is 2.40. The number of nitrogens with zero attached hydrogens (tertiary/aromatic N) is 3. The van der Waals surface area contributed by atoms with Crippen molar-refractivity contribution in [3.63, 3.8) is 0 Å². The Morgan fingerprint density at radius 3 is 2.65 bits per heavy atom. The van der Waals surface area contributed by atoms with E-state index >= 15 is 0 Å². The van der Waals surface area contributed by atoms with E-state index in [-0.39, 0.29) is 0 Å². The molecule has 2 aromatic heterocycles. The van der Waals surface area contributed by atoms with Crippen LogP contribution < -0.4 is 5.32 Å². The zero-order valence-corrected chi connectivity index (χ0v) is 11.6. The molecule has 5 nitrogen and oxygen atoms in total. The third-order valence-corrected chi connectivity index (χ3v) is 3.43. The smallest absolute Gasteiger partial charge is 0.325 e. The van der Waals surface area contributed by atoms with Crippen LogP contribution in [0.5, 0.6) is 0 Å². The molecule has 0 saturated heterocycles. The number of para-hydroxylation sites is 2. The number of rotatable bonds is 2. The van der Waals surface area contributed by atoms with Crippen LogP contribution in [-0.4, -0.2) is 19.6 Å². The first kappa shape index (κ1) is 13.6. The predicted molar refractivity (Wildman–Crippen MR) is 79.6 cm³/mol. The molecule has 0 aliphatic carbocycles. The van der Waals surface area contributed by atoms with Crippen LogP contribution in [0.1, 0.15) is 5.56 Å². The van der Waals surface area contributed by atoms with E-state index in [2.05, 4.69) is 20.4 Å². The normalized spacial score (nSPS) is 12.1. The predicted octanol–water partition coefficient (Wildman–Crippen LogP) is 3.97. The van der Waals surface area contributed by atoms with E-state index in [0.29, 0.717) is 17.4 Å². The lowest BCUT2D eigenvalue weighted by Crippen LogP contribution is -2.05. The van der Waals surface area contributed by atoms with Crippen LogP contribution in [0.2, 0.25) is 0 Å². The Bertz CT molecular complexity index is 999. The maximum Gasteiger partial charge on any atom is 0.416 e. The molecule has 0 aliphatic heterocycles. The van der Waals surface area contributed by atoms with E-state index in [9.17, 15) is 13.2 Å². The lowest BCUT2D eigenvalue weighted by molar-refractivity contribution is -0.137. The number of hydrogen-bond acceptors (Lipinski definition) is 3. The number of hydrogen-bond donors (Lipinski definition) is 2. The molecule has 4 rings (SSSR count). The molecule has 0 radical (unpaired) electrons. The van der Waals surface area contributed by atoms with Crippen molar-refractivity contribution >= 4 is 28.4 Å². The summed E-state index contributed by atoms with van der Waals surface area (Å²) in [5.41, 5.74) is 1.20. The highest BCUT2D eigenvalue weighted by atomic mass is 19.4. The Kier molecular flexibility index (Phi) is 2.80. The minimum atomic E-state index is -4.38. The number of aromatic amines is 1. The molecule has 2 heterocycles. The topological polar surface area (TPSA) is 58.0 Å². The molecular weight excluding hydrogens is 307 g/mol. The highest BCUT2D eigenvalue weighted by Gasteiger charge is 2.30. The van der Waals surface area contributed by atoms with Gasteiger partial charge in [0, 0.05) is 5.69 Å². The Morgan fingerprint density at radius 1 is 1.00 bits per heavy atom. The van der Waals surface area contributed by atoms with Gasteiger partial charge in [-0.1, -0.05) is 18.2 Å². The first-order valence-corrected chi connectivity index (χ1v) is 6.78. The third kappa shape index (κ3) is 2.37. The number of halogens is 3. The summed E-state index contributed by atoms with van der Waals surface area (Å²) in [7, 11) is 0. The summed E-state index contributed by atoms with van der Waals surface area (Å²) >= 11 is 0. The largest absolute Gasteiger partial charge is 0.416 e. The van der Waals surface area contributed by atoms with Crippen LogP contribution >= 0.6 is 0 Å². The summed E-state index contributed by atoms with van der Waals surface area (Å²) < 4.78 is 39.9. The van der Waals surface area contributed by atoms with Gasteiger partial charge in [-0.2, -0.15) is 18.2 Å². The first-order valence-electron chi connectivity index (χ1n) is 6.78. The SMILES string of the molecule is FC(F)(F)c1cccc(Nc2nc3nc4ccccc4n3[nH]2)c1. The number of fused-ring (bicyclic) bond motifs is 3. The quantitative estimate of drug-likeness (QED) is 0.588. The van der Waals surface area contributed by atoms with Gasteiger partial charge < -0.3 is 5.32 Å². The molecule has 8 heteroatoms. The number of H-pyrrole nitrogens is 1. The average Bonchev–Trinajstić information content (AvgIpc) is 3.03. The van der Waals surface area contributed by atoms with Gasteiger partial charge >= 0.3 is 6.18 Å². The van der Waals surface area contributed by atoms with E-state index in [1.807, 2.05) is 24.3 Å². The van der Waals surface area contributed by atoms with Crippen molar-refractivity contribution in [1.82, 2.24) is 19.6 Å². The van der Waals surface area contributed by atoms with Gasteiger partial charge in [0.1, 0.15) is 0 Å². The van der Waals surface area contributed by atoms with Crippen LogP contribution in [0.25, 0.3) is 16.8 Å². The third-order valence-electron chi connectivity index (χ3n) is 3.43. The summed E-state index contributed by atoms with van der Waals surface area (Å²) in [5.74, 6) is 0.762. The van der Waals surface area contributed by atoms with E-state index < -0.39 is 11.7 Å². The molecule has 0 amide bonds. The monoisotopic (exact) mass is 317 g/mol. The van der Waals surface area contributed by atoms with Crippen molar-refractivity contribution in [2.45, 2.75) is 6.18 Å². The maximum absolute atomic E-state index is 12.7. The average molecular weight is 317 g/mol.